The second-order valence-corrected chi connectivity index (χ2v) is 4.31. The number of rotatable bonds is 6. The first-order chi connectivity index (χ1) is 8.06. The van der Waals surface area contributed by atoms with Crippen LogP contribution in [0, 0.1) is 5.82 Å². The minimum absolute atomic E-state index is 0.259. The second kappa shape index (κ2) is 6.35. The van der Waals surface area contributed by atoms with Gasteiger partial charge in [0.1, 0.15) is 0 Å². The number of anilines is 1. The minimum atomic E-state index is -0.259. The standard InChI is InChI=1S/C13H20FN3/c1-5-8-17(4)13-12(14)11(6-7-15-13)9-16-10(2)3/h5-7,10,16H,1,8-9H2,2-4H3. The summed E-state index contributed by atoms with van der Waals surface area (Å²) in [5.74, 6) is 0.109. The fraction of sp³-hybridized carbons (Fsp3) is 0.462. The van der Waals surface area contributed by atoms with Gasteiger partial charge in [-0.1, -0.05) is 19.9 Å². The molecule has 17 heavy (non-hydrogen) atoms. The Morgan fingerprint density at radius 3 is 2.88 bits per heavy atom. The molecule has 1 heterocycles. The van der Waals surface area contributed by atoms with Crippen molar-refractivity contribution in [2.45, 2.75) is 26.4 Å². The van der Waals surface area contributed by atoms with Crippen LogP contribution in [0.4, 0.5) is 10.2 Å². The summed E-state index contributed by atoms with van der Waals surface area (Å²) in [6.07, 6.45) is 3.36. The molecule has 1 rings (SSSR count). The first kappa shape index (κ1) is 13.6. The maximum atomic E-state index is 14.1. The third-order valence-corrected chi connectivity index (χ3v) is 2.42. The summed E-state index contributed by atoms with van der Waals surface area (Å²) in [7, 11) is 1.80. The summed E-state index contributed by atoms with van der Waals surface area (Å²) in [4.78, 5) is 5.80. The van der Waals surface area contributed by atoms with E-state index in [4.69, 9.17) is 0 Å². The Hall–Kier alpha value is -1.42. The number of hydrogen-bond donors (Lipinski definition) is 1. The molecule has 0 aliphatic carbocycles. The Kier molecular flexibility index (Phi) is 5.10. The Morgan fingerprint density at radius 1 is 1.59 bits per heavy atom. The summed E-state index contributed by atoms with van der Waals surface area (Å²) >= 11 is 0. The van der Waals surface area contributed by atoms with E-state index in [0.717, 1.165) is 0 Å². The predicted octanol–water partition coefficient (Wildman–Crippen LogP) is 2.34. The second-order valence-electron chi connectivity index (χ2n) is 4.31. The first-order valence-corrected chi connectivity index (χ1v) is 5.75. The van der Waals surface area contributed by atoms with E-state index in [1.54, 1.807) is 30.3 Å². The summed E-state index contributed by atoms with van der Waals surface area (Å²) in [5, 5.41) is 3.19. The highest BCUT2D eigenvalue weighted by atomic mass is 19.1. The van der Waals surface area contributed by atoms with Crippen LogP contribution >= 0.6 is 0 Å². The molecule has 4 heteroatoms. The fourth-order valence-electron chi connectivity index (χ4n) is 1.47. The lowest BCUT2D eigenvalue weighted by Crippen LogP contribution is -2.24. The molecule has 0 saturated carbocycles. The van der Waals surface area contributed by atoms with Crippen molar-refractivity contribution in [3.8, 4) is 0 Å². The molecule has 0 fully saturated rings. The quantitative estimate of drug-likeness (QED) is 0.770. The highest BCUT2D eigenvalue weighted by Gasteiger charge is 2.12. The molecule has 0 amide bonds. The number of aromatic nitrogens is 1. The number of nitrogens with one attached hydrogen (secondary N) is 1. The lowest BCUT2D eigenvalue weighted by atomic mass is 10.2. The van der Waals surface area contributed by atoms with Crippen molar-refractivity contribution in [2.24, 2.45) is 0 Å². The Balaban J connectivity index is 2.86. The monoisotopic (exact) mass is 237 g/mol. The zero-order valence-corrected chi connectivity index (χ0v) is 10.7. The van der Waals surface area contributed by atoms with Crippen LogP contribution in [0.2, 0.25) is 0 Å². The average Bonchev–Trinajstić information content (AvgIpc) is 2.27. The van der Waals surface area contributed by atoms with Crippen molar-refractivity contribution in [1.29, 1.82) is 0 Å². The van der Waals surface area contributed by atoms with Gasteiger partial charge in [0.2, 0.25) is 0 Å². The number of nitrogens with zero attached hydrogens (tertiary/aromatic N) is 2. The van der Waals surface area contributed by atoms with Gasteiger partial charge < -0.3 is 10.2 Å². The van der Waals surface area contributed by atoms with E-state index in [1.807, 2.05) is 13.8 Å². The molecule has 0 aliphatic heterocycles. The Bertz CT molecular complexity index is 377. The van der Waals surface area contributed by atoms with Gasteiger partial charge in [0.25, 0.3) is 0 Å². The SMILES string of the molecule is C=CCN(C)c1nccc(CNC(C)C)c1F. The van der Waals surface area contributed by atoms with E-state index in [2.05, 4.69) is 16.9 Å². The summed E-state index contributed by atoms with van der Waals surface area (Å²) in [5.41, 5.74) is 0.639. The van der Waals surface area contributed by atoms with Gasteiger partial charge in [-0.05, 0) is 6.07 Å². The minimum Gasteiger partial charge on any atom is -0.354 e. The van der Waals surface area contributed by atoms with Gasteiger partial charge in [0.05, 0.1) is 0 Å². The molecule has 1 aromatic heterocycles. The highest BCUT2D eigenvalue weighted by Crippen LogP contribution is 2.18. The molecule has 0 unspecified atom stereocenters. The molecule has 0 saturated heterocycles. The van der Waals surface area contributed by atoms with Crippen LogP contribution in [0.3, 0.4) is 0 Å². The average molecular weight is 237 g/mol. The fourth-order valence-corrected chi connectivity index (χ4v) is 1.47. The molecule has 94 valence electrons. The lowest BCUT2D eigenvalue weighted by Gasteiger charge is -2.18. The molecule has 3 nitrogen and oxygen atoms in total. The zero-order chi connectivity index (χ0) is 12.8. The molecular formula is C13H20FN3. The summed E-state index contributed by atoms with van der Waals surface area (Å²) < 4.78 is 14.1. The summed E-state index contributed by atoms with van der Waals surface area (Å²) in [6.45, 7) is 8.79. The third kappa shape index (κ3) is 3.82. The van der Waals surface area contributed by atoms with Crippen LogP contribution in [0.25, 0.3) is 0 Å². The first-order valence-electron chi connectivity index (χ1n) is 5.75. The number of hydrogen-bond acceptors (Lipinski definition) is 3. The number of halogens is 1. The molecule has 0 radical (unpaired) electrons. The van der Waals surface area contributed by atoms with Crippen LogP contribution in [-0.4, -0.2) is 24.6 Å². The maximum absolute atomic E-state index is 14.1. The van der Waals surface area contributed by atoms with E-state index in [-0.39, 0.29) is 5.82 Å². The van der Waals surface area contributed by atoms with Crippen molar-refractivity contribution in [1.82, 2.24) is 10.3 Å². The van der Waals surface area contributed by atoms with Crippen LogP contribution in [0.5, 0.6) is 0 Å². The molecule has 0 aromatic carbocycles. The molecule has 0 bridgehead atoms. The Morgan fingerprint density at radius 2 is 2.29 bits per heavy atom. The van der Waals surface area contributed by atoms with Crippen LogP contribution in [0.15, 0.2) is 24.9 Å². The van der Waals surface area contributed by atoms with E-state index >= 15 is 0 Å². The molecule has 1 N–H and O–H groups in total. The topological polar surface area (TPSA) is 28.2 Å². The van der Waals surface area contributed by atoms with Crippen LogP contribution < -0.4 is 10.2 Å². The lowest BCUT2D eigenvalue weighted by molar-refractivity contribution is 0.549. The van der Waals surface area contributed by atoms with Crippen molar-refractivity contribution in [3.05, 3.63) is 36.3 Å². The third-order valence-electron chi connectivity index (χ3n) is 2.42. The van der Waals surface area contributed by atoms with E-state index in [9.17, 15) is 4.39 Å². The van der Waals surface area contributed by atoms with Crippen molar-refractivity contribution in [3.63, 3.8) is 0 Å². The van der Waals surface area contributed by atoms with Crippen molar-refractivity contribution >= 4 is 5.82 Å². The van der Waals surface area contributed by atoms with Crippen LogP contribution in [-0.2, 0) is 6.54 Å². The van der Waals surface area contributed by atoms with E-state index < -0.39 is 0 Å². The van der Waals surface area contributed by atoms with Gasteiger partial charge in [-0.15, -0.1) is 6.58 Å². The molecular weight excluding hydrogens is 217 g/mol. The van der Waals surface area contributed by atoms with Gasteiger partial charge in [-0.2, -0.15) is 0 Å². The molecule has 0 aliphatic rings. The zero-order valence-electron chi connectivity index (χ0n) is 10.7. The van der Waals surface area contributed by atoms with Crippen molar-refractivity contribution < 1.29 is 4.39 Å². The van der Waals surface area contributed by atoms with Gasteiger partial charge in [-0.3, -0.25) is 0 Å². The summed E-state index contributed by atoms with van der Waals surface area (Å²) in [6, 6.07) is 2.03. The molecule has 0 spiro atoms. The largest absolute Gasteiger partial charge is 0.354 e. The van der Waals surface area contributed by atoms with Gasteiger partial charge in [0.15, 0.2) is 11.6 Å². The normalized spacial score (nSPS) is 10.6. The molecule has 0 atom stereocenters. The Labute approximate surface area is 102 Å². The van der Waals surface area contributed by atoms with Gasteiger partial charge in [-0.25, -0.2) is 9.37 Å². The van der Waals surface area contributed by atoms with E-state index in [0.29, 0.717) is 30.5 Å². The smallest absolute Gasteiger partial charge is 0.170 e. The number of likely N-dealkylation sites (N-methyl/N-ethyl adjacent to an activating group) is 1. The van der Waals surface area contributed by atoms with Gasteiger partial charge in [0, 0.05) is 37.9 Å². The van der Waals surface area contributed by atoms with Crippen LogP contribution in [0.1, 0.15) is 19.4 Å². The predicted molar refractivity (Wildman–Crippen MR) is 69.6 cm³/mol. The van der Waals surface area contributed by atoms with Crippen molar-refractivity contribution in [2.75, 3.05) is 18.5 Å². The highest BCUT2D eigenvalue weighted by molar-refractivity contribution is 5.42. The number of pyridine rings is 1. The maximum Gasteiger partial charge on any atom is 0.170 e. The van der Waals surface area contributed by atoms with Gasteiger partial charge >= 0.3 is 0 Å². The molecule has 1 aromatic rings. The van der Waals surface area contributed by atoms with E-state index in [1.165, 1.54) is 0 Å².